The molecule has 5 nitrogen and oxygen atoms in total. The summed E-state index contributed by atoms with van der Waals surface area (Å²) >= 11 is 0. The molecular formula is C9H21O5PS. The van der Waals surface area contributed by atoms with Gasteiger partial charge in [-0.05, 0) is 13.8 Å². The van der Waals surface area contributed by atoms with E-state index in [4.69, 9.17) is 0 Å². The van der Waals surface area contributed by atoms with Gasteiger partial charge in [-0.1, -0.05) is 12.7 Å². The summed E-state index contributed by atoms with van der Waals surface area (Å²) in [6.45, 7) is 12.2. The molecule has 0 aliphatic heterocycles. The second-order valence-electron chi connectivity index (χ2n) is 3.61. The Balaban J connectivity index is 0. The molecule has 0 aromatic rings. The Morgan fingerprint density at radius 3 is 2.00 bits per heavy atom. The van der Waals surface area contributed by atoms with Crippen LogP contribution in [0.15, 0.2) is 12.7 Å². The monoisotopic (exact) mass is 272 g/mol. The summed E-state index contributed by atoms with van der Waals surface area (Å²) in [4.78, 5) is 3.80. The molecule has 98 valence electrons. The highest BCUT2D eigenvalue weighted by molar-refractivity contribution is 7.80. The number of hydrogen-bond acceptors (Lipinski definition) is 5. The highest BCUT2D eigenvalue weighted by Crippen LogP contribution is 2.50. The van der Waals surface area contributed by atoms with Gasteiger partial charge in [0.15, 0.2) is 0 Å². The van der Waals surface area contributed by atoms with E-state index >= 15 is 0 Å². The molecule has 0 radical (unpaired) electrons. The van der Waals surface area contributed by atoms with Crippen LogP contribution in [-0.2, 0) is 19.6 Å². The van der Waals surface area contributed by atoms with E-state index in [-0.39, 0.29) is 6.61 Å². The van der Waals surface area contributed by atoms with Crippen molar-refractivity contribution in [3.8, 4) is 0 Å². The topological polar surface area (TPSA) is 75.7 Å². The molecule has 0 rings (SSSR count). The van der Waals surface area contributed by atoms with E-state index in [1.807, 2.05) is 6.08 Å². The maximum atomic E-state index is 9.49. The van der Waals surface area contributed by atoms with Crippen molar-refractivity contribution in [1.82, 2.24) is 0 Å². The van der Waals surface area contributed by atoms with Gasteiger partial charge in [-0.2, -0.15) is 0 Å². The van der Waals surface area contributed by atoms with Gasteiger partial charge in [-0.25, -0.2) is 13.3 Å². The van der Waals surface area contributed by atoms with E-state index in [1.54, 1.807) is 0 Å². The number of allylic oxidation sites excluding steroid dienone is 1. The molecule has 0 aliphatic carbocycles. The summed E-state index contributed by atoms with van der Waals surface area (Å²) in [5, 5.41) is 0. The molecule has 0 aromatic carbocycles. The second kappa shape index (κ2) is 9.07. The van der Waals surface area contributed by atoms with E-state index in [0.717, 1.165) is 0 Å². The van der Waals surface area contributed by atoms with Crippen LogP contribution in [0.4, 0.5) is 0 Å². The maximum absolute atomic E-state index is 9.49. The molecule has 0 atom stereocenters. The zero-order valence-electron chi connectivity index (χ0n) is 10.3. The van der Waals surface area contributed by atoms with Crippen LogP contribution in [0.5, 0.6) is 0 Å². The largest absolute Gasteiger partial charge is 0.724 e. The van der Waals surface area contributed by atoms with Crippen molar-refractivity contribution in [2.45, 2.75) is 13.8 Å². The average molecular weight is 272 g/mol. The zero-order chi connectivity index (χ0) is 13.2. The zero-order valence-corrected chi connectivity index (χ0v) is 12.0. The molecule has 0 spiro atoms. The Bertz CT molecular complexity index is 274. The normalized spacial score (nSPS) is 11.6. The molecule has 0 amide bonds. The Kier molecular flexibility index (Phi) is 10.4. The van der Waals surface area contributed by atoms with E-state index < -0.39 is 17.7 Å². The van der Waals surface area contributed by atoms with Crippen LogP contribution in [-0.4, -0.2) is 45.2 Å². The van der Waals surface area contributed by atoms with E-state index in [9.17, 15) is 13.0 Å². The van der Waals surface area contributed by atoms with Crippen molar-refractivity contribution in [3.63, 3.8) is 0 Å². The lowest BCUT2D eigenvalue weighted by Gasteiger charge is -2.11. The Labute approximate surface area is 99.1 Å². The van der Waals surface area contributed by atoms with Crippen molar-refractivity contribution in [2.24, 2.45) is 0 Å². The minimum absolute atomic E-state index is 0.0292. The SMILES string of the molecule is C=CC[P+](C)(C)CC.CCOOS(=O)(=O)[O-]. The third-order valence-electron chi connectivity index (χ3n) is 1.73. The number of rotatable bonds is 6. The van der Waals surface area contributed by atoms with Gasteiger partial charge in [0.2, 0.25) is 10.4 Å². The lowest BCUT2D eigenvalue weighted by molar-refractivity contribution is -0.203. The molecule has 0 N–H and O–H groups in total. The molecule has 0 saturated heterocycles. The average Bonchev–Trinajstić information content (AvgIpc) is 2.15. The molecule has 0 fully saturated rings. The first-order valence-electron chi connectivity index (χ1n) is 4.88. The Morgan fingerprint density at radius 1 is 1.38 bits per heavy atom. The van der Waals surface area contributed by atoms with Crippen molar-refractivity contribution in [1.29, 1.82) is 0 Å². The number of hydrogen-bond donors (Lipinski definition) is 0. The second-order valence-corrected chi connectivity index (χ2v) is 9.43. The summed E-state index contributed by atoms with van der Waals surface area (Å²) < 4.78 is 31.8. The minimum Gasteiger partial charge on any atom is -0.724 e. The Morgan fingerprint density at radius 2 is 1.88 bits per heavy atom. The van der Waals surface area contributed by atoms with Gasteiger partial charge in [0.25, 0.3) is 0 Å². The minimum atomic E-state index is -4.66. The third-order valence-corrected chi connectivity index (χ3v) is 4.95. The summed E-state index contributed by atoms with van der Waals surface area (Å²) in [7, 11) is -5.20. The van der Waals surface area contributed by atoms with Gasteiger partial charge in [-0.15, -0.1) is 4.33 Å². The van der Waals surface area contributed by atoms with Gasteiger partial charge >= 0.3 is 0 Å². The van der Waals surface area contributed by atoms with Gasteiger partial charge in [0.1, 0.15) is 0 Å². The fourth-order valence-electron chi connectivity index (χ4n) is 0.586. The first-order valence-corrected chi connectivity index (χ1v) is 9.27. The third kappa shape index (κ3) is 16.4. The smallest absolute Gasteiger partial charge is 0.245 e. The summed E-state index contributed by atoms with van der Waals surface area (Å²) in [5.74, 6) is 0. The first-order chi connectivity index (χ1) is 7.18. The fraction of sp³-hybridized carbons (Fsp3) is 0.778. The van der Waals surface area contributed by atoms with E-state index in [2.05, 4.69) is 36.1 Å². The van der Waals surface area contributed by atoms with Crippen molar-refractivity contribution in [3.05, 3.63) is 12.7 Å². The predicted octanol–water partition coefficient (Wildman–Crippen LogP) is 1.88. The molecule has 0 aromatic heterocycles. The highest BCUT2D eigenvalue weighted by Gasteiger charge is 2.18. The van der Waals surface area contributed by atoms with Gasteiger partial charge in [-0.3, -0.25) is 0 Å². The molecule has 16 heavy (non-hydrogen) atoms. The van der Waals surface area contributed by atoms with E-state index in [1.165, 1.54) is 19.2 Å². The van der Waals surface area contributed by atoms with Crippen LogP contribution in [0.2, 0.25) is 0 Å². The summed E-state index contributed by atoms with van der Waals surface area (Å²) in [6.07, 6.45) is 4.62. The molecule has 0 heterocycles. The van der Waals surface area contributed by atoms with Crippen molar-refractivity contribution in [2.75, 3.05) is 32.3 Å². The lowest BCUT2D eigenvalue weighted by atomic mass is 10.8. The maximum Gasteiger partial charge on any atom is 0.245 e. The quantitative estimate of drug-likeness (QED) is 0.184. The molecular weight excluding hydrogens is 251 g/mol. The van der Waals surface area contributed by atoms with Crippen molar-refractivity contribution >= 4 is 17.7 Å². The standard InChI is InChI=1S/C7H16P.C2H6O5S/c1-5-7-8(3,4)6-2;1-2-6-7-8(3,4)5/h5H,1,6-7H2,2-4H3;2H2,1H3,(H,3,4,5)/q+1;/p-1. The van der Waals surface area contributed by atoms with Crippen LogP contribution in [0, 0.1) is 0 Å². The van der Waals surface area contributed by atoms with E-state index in [0.29, 0.717) is 0 Å². The van der Waals surface area contributed by atoms with Gasteiger partial charge in [0, 0.05) is 20.6 Å². The molecule has 0 bridgehead atoms. The van der Waals surface area contributed by atoms with Crippen LogP contribution in [0.3, 0.4) is 0 Å². The molecule has 0 unspecified atom stereocenters. The van der Waals surface area contributed by atoms with Gasteiger partial charge < -0.3 is 4.55 Å². The molecule has 7 heteroatoms. The fourth-order valence-corrected chi connectivity index (χ4v) is 1.76. The molecule has 0 saturated carbocycles. The molecule has 0 aliphatic rings. The Hall–Kier alpha value is -0.0000000000000000763. The highest BCUT2D eigenvalue weighted by atomic mass is 32.3. The lowest BCUT2D eigenvalue weighted by Crippen LogP contribution is -2.04. The van der Waals surface area contributed by atoms with Crippen LogP contribution in [0.1, 0.15) is 13.8 Å². The summed E-state index contributed by atoms with van der Waals surface area (Å²) in [6, 6.07) is 0. The summed E-state index contributed by atoms with van der Waals surface area (Å²) in [5.41, 5.74) is 0. The van der Waals surface area contributed by atoms with Crippen LogP contribution in [0.25, 0.3) is 0 Å². The van der Waals surface area contributed by atoms with Crippen LogP contribution >= 0.6 is 7.26 Å². The van der Waals surface area contributed by atoms with Gasteiger partial charge in [0.05, 0.1) is 18.9 Å². The van der Waals surface area contributed by atoms with Crippen molar-refractivity contribution < 1.29 is 22.2 Å². The predicted molar refractivity (Wildman–Crippen MR) is 66.8 cm³/mol. The van der Waals surface area contributed by atoms with Crippen LogP contribution < -0.4 is 0 Å². The first kappa shape index (κ1) is 18.4.